The van der Waals surface area contributed by atoms with Gasteiger partial charge in [-0.2, -0.15) is 18.3 Å². The molecule has 4 heterocycles. The minimum atomic E-state index is -4.76. The number of halogens is 4. The minimum Gasteiger partial charge on any atom is -0.434 e. The average molecular weight is 488 g/mol. The van der Waals surface area contributed by atoms with Gasteiger partial charge < -0.3 is 16.2 Å². The van der Waals surface area contributed by atoms with E-state index in [4.69, 9.17) is 11.5 Å². The van der Waals surface area contributed by atoms with Gasteiger partial charge in [0.15, 0.2) is 23.1 Å². The van der Waals surface area contributed by atoms with Crippen LogP contribution in [-0.4, -0.2) is 49.7 Å². The Morgan fingerprint density at radius 2 is 1.80 bits per heavy atom. The second-order valence-electron chi connectivity index (χ2n) is 7.66. The number of carbonyl (C=O) groups is 1. The van der Waals surface area contributed by atoms with Gasteiger partial charge in [0.1, 0.15) is 17.2 Å². The molecular weight excluding hydrogens is 472 g/mol. The Balaban J connectivity index is 1.55. The van der Waals surface area contributed by atoms with E-state index in [9.17, 15) is 22.4 Å². The summed E-state index contributed by atoms with van der Waals surface area (Å²) in [5.74, 6) is -1.15. The molecule has 4 aromatic rings. The Bertz CT molecular complexity index is 1430. The summed E-state index contributed by atoms with van der Waals surface area (Å²) in [5, 5.41) is 4.97. The molecule has 0 radical (unpaired) electrons. The molecule has 0 saturated carbocycles. The highest BCUT2D eigenvalue weighted by Gasteiger charge is 2.50. The molecule has 1 amide bonds. The van der Waals surface area contributed by atoms with E-state index in [-0.39, 0.29) is 35.4 Å². The molecule has 5 rings (SSSR count). The monoisotopic (exact) mass is 488 g/mol. The second kappa shape index (κ2) is 8.07. The summed E-state index contributed by atoms with van der Waals surface area (Å²) in [6.45, 7) is -0.786. The Hall–Kier alpha value is -4.49. The molecule has 1 fully saturated rings. The van der Waals surface area contributed by atoms with E-state index in [1.807, 2.05) is 0 Å². The van der Waals surface area contributed by atoms with E-state index in [0.29, 0.717) is 21.5 Å². The van der Waals surface area contributed by atoms with Crippen molar-refractivity contribution in [2.45, 2.75) is 18.8 Å². The van der Waals surface area contributed by atoms with Gasteiger partial charge in [0.05, 0.1) is 18.5 Å². The van der Waals surface area contributed by atoms with Crippen LogP contribution in [0.25, 0.3) is 22.6 Å². The van der Waals surface area contributed by atoms with Crippen molar-refractivity contribution in [2.24, 2.45) is 0 Å². The number of nitrogen functional groups attached to an aromatic ring is 2. The van der Waals surface area contributed by atoms with Gasteiger partial charge in [0, 0.05) is 11.8 Å². The molecule has 0 spiro atoms. The van der Waals surface area contributed by atoms with Gasteiger partial charge in [-0.1, -0.05) is 18.2 Å². The van der Waals surface area contributed by atoms with Gasteiger partial charge in [0.2, 0.25) is 6.10 Å². The third-order valence-corrected chi connectivity index (χ3v) is 5.38. The first-order valence-corrected chi connectivity index (χ1v) is 10.2. The number of hydrogen-bond donors (Lipinski definition) is 2. The van der Waals surface area contributed by atoms with Crippen LogP contribution in [0.3, 0.4) is 0 Å². The number of amides is 1. The molecule has 180 valence electrons. The summed E-state index contributed by atoms with van der Waals surface area (Å²) >= 11 is 0. The molecule has 1 saturated heterocycles. The van der Waals surface area contributed by atoms with Gasteiger partial charge in [-0.25, -0.2) is 28.8 Å². The van der Waals surface area contributed by atoms with Crippen LogP contribution in [-0.2, 0) is 11.3 Å². The number of carbonyl (C=O) groups excluding carboxylic acids is 1. The van der Waals surface area contributed by atoms with E-state index in [0.717, 1.165) is 0 Å². The van der Waals surface area contributed by atoms with E-state index in [1.54, 1.807) is 30.3 Å². The summed E-state index contributed by atoms with van der Waals surface area (Å²) in [6.07, 6.45) is -6.83. The number of rotatable bonds is 4. The molecule has 1 aliphatic heterocycles. The number of hydrogen-bond acceptors (Lipinski definition) is 8. The second-order valence-corrected chi connectivity index (χ2v) is 7.66. The van der Waals surface area contributed by atoms with E-state index in [2.05, 4.69) is 24.8 Å². The highest BCUT2D eigenvalue weighted by Crippen LogP contribution is 2.37. The number of benzene rings is 1. The third kappa shape index (κ3) is 3.92. The van der Waals surface area contributed by atoms with Gasteiger partial charge in [-0.3, -0.25) is 4.90 Å². The molecule has 3 aromatic heterocycles. The standard InChI is InChI=1S/C21H16F4N8O2/c22-12-6-2-1-4-10(12)8-33-19-11(5-3-7-28-19)14(31-33)18-29-16(26)15(17(27)30-18)32-9-13(21(23,24)25)35-20(32)34/h1-7,13H,8-9H2,(H4,26,27,29,30). The Kier molecular flexibility index (Phi) is 5.15. The number of ether oxygens (including phenoxy) is 1. The lowest BCUT2D eigenvalue weighted by Gasteiger charge is -2.17. The smallest absolute Gasteiger partial charge is 0.427 e. The third-order valence-electron chi connectivity index (χ3n) is 5.38. The molecule has 10 nitrogen and oxygen atoms in total. The summed E-state index contributed by atoms with van der Waals surface area (Å²) < 4.78 is 59.1. The van der Waals surface area contributed by atoms with Crippen molar-refractivity contribution in [1.82, 2.24) is 24.7 Å². The highest BCUT2D eigenvalue weighted by molar-refractivity contribution is 5.97. The molecule has 4 N–H and O–H groups in total. The van der Waals surface area contributed by atoms with Gasteiger partial charge in [-0.05, 0) is 18.2 Å². The number of cyclic esters (lactones) is 1. The molecular formula is C21H16F4N8O2. The zero-order valence-electron chi connectivity index (χ0n) is 17.7. The number of pyridine rings is 1. The van der Waals surface area contributed by atoms with Crippen LogP contribution in [0.5, 0.6) is 0 Å². The maximum absolute atomic E-state index is 14.2. The largest absolute Gasteiger partial charge is 0.434 e. The van der Waals surface area contributed by atoms with Crippen molar-refractivity contribution in [1.29, 1.82) is 0 Å². The van der Waals surface area contributed by atoms with Crippen molar-refractivity contribution >= 4 is 34.4 Å². The molecule has 1 aromatic carbocycles. The first-order valence-electron chi connectivity index (χ1n) is 10.2. The van der Waals surface area contributed by atoms with E-state index in [1.165, 1.54) is 16.9 Å². The van der Waals surface area contributed by atoms with Crippen LogP contribution in [0, 0.1) is 5.82 Å². The maximum Gasteiger partial charge on any atom is 0.427 e. The summed E-state index contributed by atoms with van der Waals surface area (Å²) in [4.78, 5) is 25.3. The lowest BCUT2D eigenvalue weighted by atomic mass is 10.2. The summed E-state index contributed by atoms with van der Waals surface area (Å²) in [6, 6.07) is 9.53. The fourth-order valence-electron chi connectivity index (χ4n) is 3.76. The van der Waals surface area contributed by atoms with Crippen LogP contribution < -0.4 is 16.4 Å². The SMILES string of the molecule is Nc1nc(-c2nn(Cc3ccccc3F)c3ncccc23)nc(N)c1N1CC(C(F)(F)F)OC1=O. The van der Waals surface area contributed by atoms with Gasteiger partial charge in [-0.15, -0.1) is 0 Å². The fraction of sp³-hybridized carbons (Fsp3) is 0.190. The van der Waals surface area contributed by atoms with E-state index >= 15 is 0 Å². The van der Waals surface area contributed by atoms with Crippen LogP contribution in [0.4, 0.5) is 39.7 Å². The number of nitrogens with two attached hydrogens (primary N) is 2. The van der Waals surface area contributed by atoms with Crippen LogP contribution in [0.1, 0.15) is 5.56 Å². The van der Waals surface area contributed by atoms with Crippen molar-refractivity contribution < 1.29 is 27.1 Å². The molecule has 1 unspecified atom stereocenters. The van der Waals surface area contributed by atoms with Crippen molar-refractivity contribution in [3.05, 3.63) is 54.0 Å². The van der Waals surface area contributed by atoms with E-state index < -0.39 is 30.7 Å². The van der Waals surface area contributed by atoms with Crippen molar-refractivity contribution in [3.63, 3.8) is 0 Å². The minimum absolute atomic E-state index is 0.0473. The molecule has 35 heavy (non-hydrogen) atoms. The lowest BCUT2D eigenvalue weighted by Crippen LogP contribution is -2.33. The van der Waals surface area contributed by atoms with Crippen LogP contribution in [0.2, 0.25) is 0 Å². The fourth-order valence-corrected chi connectivity index (χ4v) is 3.76. The highest BCUT2D eigenvalue weighted by atomic mass is 19.4. The quantitative estimate of drug-likeness (QED) is 0.418. The van der Waals surface area contributed by atoms with Crippen LogP contribution in [0.15, 0.2) is 42.6 Å². The number of anilines is 3. The molecule has 0 bridgehead atoms. The molecule has 14 heteroatoms. The Labute approximate surface area is 194 Å². The Morgan fingerprint density at radius 3 is 2.46 bits per heavy atom. The zero-order valence-corrected chi connectivity index (χ0v) is 17.7. The first-order chi connectivity index (χ1) is 16.6. The predicted octanol–water partition coefficient (Wildman–Crippen LogP) is 3.13. The first kappa shape index (κ1) is 22.3. The molecule has 0 aliphatic carbocycles. The number of fused-ring (bicyclic) bond motifs is 1. The lowest BCUT2D eigenvalue weighted by molar-refractivity contribution is -0.191. The zero-order chi connectivity index (χ0) is 24.9. The molecule has 1 aliphatic rings. The Morgan fingerprint density at radius 1 is 1.09 bits per heavy atom. The normalized spacial score (nSPS) is 16.2. The maximum atomic E-state index is 14.2. The van der Waals surface area contributed by atoms with Crippen LogP contribution >= 0.6 is 0 Å². The summed E-state index contributed by atoms with van der Waals surface area (Å²) in [7, 11) is 0. The number of nitrogens with zero attached hydrogens (tertiary/aromatic N) is 6. The molecule has 1 atom stereocenters. The topological polar surface area (TPSA) is 138 Å². The predicted molar refractivity (Wildman–Crippen MR) is 117 cm³/mol. The average Bonchev–Trinajstić information content (AvgIpc) is 3.36. The number of alkyl halides is 3. The van der Waals surface area contributed by atoms with Crippen molar-refractivity contribution in [3.8, 4) is 11.5 Å². The van der Waals surface area contributed by atoms with Gasteiger partial charge >= 0.3 is 12.3 Å². The summed E-state index contributed by atoms with van der Waals surface area (Å²) in [5.41, 5.74) is 12.7. The van der Waals surface area contributed by atoms with Crippen molar-refractivity contribution in [2.75, 3.05) is 22.9 Å². The number of aromatic nitrogens is 5. The van der Waals surface area contributed by atoms with Gasteiger partial charge in [0.25, 0.3) is 0 Å².